The zero-order valence-electron chi connectivity index (χ0n) is 8.97. The van der Waals surface area contributed by atoms with Crippen LogP contribution in [0.4, 0.5) is 0 Å². The summed E-state index contributed by atoms with van der Waals surface area (Å²) in [4.78, 5) is 0. The van der Waals surface area contributed by atoms with Crippen molar-refractivity contribution in [3.63, 3.8) is 0 Å². The van der Waals surface area contributed by atoms with Crippen LogP contribution in [-0.2, 0) is 6.54 Å². The molecule has 0 spiro atoms. The molecule has 1 aromatic carbocycles. The van der Waals surface area contributed by atoms with Gasteiger partial charge < -0.3 is 5.73 Å². The summed E-state index contributed by atoms with van der Waals surface area (Å²) < 4.78 is 1.09. The van der Waals surface area contributed by atoms with Gasteiger partial charge in [-0.3, -0.25) is 0 Å². The molecule has 13 heavy (non-hydrogen) atoms. The van der Waals surface area contributed by atoms with Gasteiger partial charge in [-0.2, -0.15) is 0 Å². The average molecular weight is 246 g/mol. The van der Waals surface area contributed by atoms with Gasteiger partial charge in [0.2, 0.25) is 0 Å². The minimum atomic E-state index is 0.611. The molecule has 0 aromatic heterocycles. The van der Waals surface area contributed by atoms with E-state index in [-0.39, 0.29) is 0 Å². The zero-order valence-corrected chi connectivity index (χ0v) is 10.6. The molecule has 0 aliphatic rings. The van der Waals surface area contributed by atoms with E-state index in [2.05, 4.69) is 15.9 Å². The summed E-state index contributed by atoms with van der Waals surface area (Å²) in [5.74, 6) is 0. The molecule has 0 saturated heterocycles. The highest BCUT2D eigenvalue weighted by molar-refractivity contribution is 9.10. The van der Waals surface area contributed by atoms with Crippen LogP contribution in [-0.4, -0.2) is 0 Å². The second-order valence-electron chi connectivity index (χ2n) is 1.83. The molecular formula is C11H20BrN. The van der Waals surface area contributed by atoms with Crippen LogP contribution in [0.3, 0.4) is 0 Å². The van der Waals surface area contributed by atoms with Crippen molar-refractivity contribution in [2.75, 3.05) is 0 Å². The molecule has 0 heterocycles. The van der Waals surface area contributed by atoms with Crippen LogP contribution in [0.15, 0.2) is 28.7 Å². The van der Waals surface area contributed by atoms with E-state index in [1.807, 2.05) is 52.0 Å². The second kappa shape index (κ2) is 11.7. The molecule has 0 amide bonds. The smallest absolute Gasteiger partial charge is 0.0178 e. The monoisotopic (exact) mass is 245 g/mol. The van der Waals surface area contributed by atoms with E-state index >= 15 is 0 Å². The first-order valence-electron chi connectivity index (χ1n) is 4.77. The van der Waals surface area contributed by atoms with Crippen molar-refractivity contribution in [2.45, 2.75) is 34.2 Å². The predicted octanol–water partition coefficient (Wildman–Crippen LogP) is 3.96. The van der Waals surface area contributed by atoms with Crippen molar-refractivity contribution in [3.05, 3.63) is 34.3 Å². The predicted molar refractivity (Wildman–Crippen MR) is 64.7 cm³/mol. The number of hydrogen-bond acceptors (Lipinski definition) is 1. The maximum Gasteiger partial charge on any atom is 0.0178 e. The number of nitrogens with two attached hydrogens (primary N) is 1. The normalized spacial score (nSPS) is 7.54. The molecule has 0 aliphatic carbocycles. The number of halogens is 1. The van der Waals surface area contributed by atoms with Crippen LogP contribution in [0.5, 0.6) is 0 Å². The van der Waals surface area contributed by atoms with Gasteiger partial charge in [0.05, 0.1) is 0 Å². The fraction of sp³-hybridized carbons (Fsp3) is 0.455. The lowest BCUT2D eigenvalue weighted by Gasteiger charge is -1.94. The lowest BCUT2D eigenvalue weighted by Crippen LogP contribution is -1.94. The van der Waals surface area contributed by atoms with Gasteiger partial charge >= 0.3 is 0 Å². The van der Waals surface area contributed by atoms with Crippen molar-refractivity contribution >= 4 is 15.9 Å². The van der Waals surface area contributed by atoms with Crippen LogP contribution in [0.2, 0.25) is 0 Å². The quantitative estimate of drug-likeness (QED) is 0.797. The molecule has 1 nitrogen and oxygen atoms in total. The lowest BCUT2D eigenvalue weighted by molar-refractivity contribution is 1.07. The van der Waals surface area contributed by atoms with Crippen LogP contribution in [0, 0.1) is 0 Å². The lowest BCUT2D eigenvalue weighted by atomic mass is 10.2. The van der Waals surface area contributed by atoms with Gasteiger partial charge in [0, 0.05) is 11.0 Å². The first kappa shape index (κ1) is 15.1. The van der Waals surface area contributed by atoms with E-state index in [9.17, 15) is 0 Å². The Morgan fingerprint density at radius 2 is 1.69 bits per heavy atom. The molecule has 0 fully saturated rings. The van der Waals surface area contributed by atoms with Crippen molar-refractivity contribution < 1.29 is 0 Å². The molecule has 0 radical (unpaired) electrons. The molecule has 2 heteroatoms. The van der Waals surface area contributed by atoms with E-state index in [0.29, 0.717) is 6.54 Å². The van der Waals surface area contributed by atoms with Gasteiger partial charge in [-0.05, 0) is 17.7 Å². The third kappa shape index (κ3) is 8.00. The summed E-state index contributed by atoms with van der Waals surface area (Å²) in [6.07, 6.45) is 0. The highest BCUT2D eigenvalue weighted by atomic mass is 79.9. The fourth-order valence-corrected chi connectivity index (χ4v) is 1.11. The van der Waals surface area contributed by atoms with Crippen molar-refractivity contribution in [3.8, 4) is 0 Å². The Morgan fingerprint density at radius 3 is 2.00 bits per heavy atom. The van der Waals surface area contributed by atoms with Crippen molar-refractivity contribution in [1.29, 1.82) is 0 Å². The van der Waals surface area contributed by atoms with E-state index in [0.717, 1.165) is 10.0 Å². The van der Waals surface area contributed by atoms with Gasteiger partial charge in [0.25, 0.3) is 0 Å². The zero-order chi connectivity index (χ0) is 10.7. The Bertz CT molecular complexity index is 199. The highest BCUT2D eigenvalue weighted by Crippen LogP contribution is 2.10. The topological polar surface area (TPSA) is 26.0 Å². The third-order valence-corrected chi connectivity index (χ3v) is 1.62. The van der Waals surface area contributed by atoms with E-state index in [1.165, 1.54) is 0 Å². The molecule has 0 atom stereocenters. The Kier molecular flexibility index (Phi) is 13.6. The van der Waals surface area contributed by atoms with Gasteiger partial charge in [0.15, 0.2) is 0 Å². The molecule has 0 saturated carbocycles. The molecule has 0 bridgehead atoms. The summed E-state index contributed by atoms with van der Waals surface area (Å²) in [6, 6.07) is 7.98. The van der Waals surface area contributed by atoms with Crippen molar-refractivity contribution in [2.24, 2.45) is 5.73 Å². The van der Waals surface area contributed by atoms with E-state index < -0.39 is 0 Å². The first-order chi connectivity index (χ1) is 6.33. The maximum absolute atomic E-state index is 5.40. The third-order valence-electron chi connectivity index (χ3n) is 1.12. The standard InChI is InChI=1S/C7H8BrN.2C2H6/c8-7-3-1-2-6(4-7)5-9;2*1-2/h1-4H,5,9H2;2*1-2H3. The Hall–Kier alpha value is -0.340. The molecule has 0 aliphatic heterocycles. The van der Waals surface area contributed by atoms with Crippen LogP contribution in [0.1, 0.15) is 33.3 Å². The molecule has 1 rings (SSSR count). The largest absolute Gasteiger partial charge is 0.326 e. The van der Waals surface area contributed by atoms with Gasteiger partial charge in [-0.15, -0.1) is 0 Å². The minimum Gasteiger partial charge on any atom is -0.326 e. The summed E-state index contributed by atoms with van der Waals surface area (Å²) in [5, 5.41) is 0. The van der Waals surface area contributed by atoms with Crippen LogP contribution in [0.25, 0.3) is 0 Å². The van der Waals surface area contributed by atoms with Crippen LogP contribution >= 0.6 is 15.9 Å². The second-order valence-corrected chi connectivity index (χ2v) is 2.75. The first-order valence-corrected chi connectivity index (χ1v) is 5.57. The minimum absolute atomic E-state index is 0.611. The Balaban J connectivity index is 0. The fourth-order valence-electron chi connectivity index (χ4n) is 0.664. The van der Waals surface area contributed by atoms with Gasteiger partial charge in [-0.25, -0.2) is 0 Å². The Morgan fingerprint density at radius 1 is 1.15 bits per heavy atom. The summed E-state index contributed by atoms with van der Waals surface area (Å²) >= 11 is 3.35. The molecule has 1 aromatic rings. The number of benzene rings is 1. The number of hydrogen-bond donors (Lipinski definition) is 1. The SMILES string of the molecule is CC.CC.NCc1cccc(Br)c1. The van der Waals surface area contributed by atoms with Crippen LogP contribution < -0.4 is 5.73 Å². The van der Waals surface area contributed by atoms with Gasteiger partial charge in [-0.1, -0.05) is 55.8 Å². The number of rotatable bonds is 1. The molecule has 0 unspecified atom stereocenters. The maximum atomic E-state index is 5.40. The van der Waals surface area contributed by atoms with Gasteiger partial charge in [0.1, 0.15) is 0 Å². The van der Waals surface area contributed by atoms with E-state index in [4.69, 9.17) is 5.73 Å². The molecule has 76 valence electrons. The summed E-state index contributed by atoms with van der Waals surface area (Å²) in [5.41, 5.74) is 6.55. The van der Waals surface area contributed by atoms with E-state index in [1.54, 1.807) is 0 Å². The summed E-state index contributed by atoms with van der Waals surface area (Å²) in [6.45, 7) is 8.61. The molecular weight excluding hydrogens is 226 g/mol. The average Bonchev–Trinajstić information content (AvgIpc) is 2.24. The molecule has 2 N–H and O–H groups in total. The highest BCUT2D eigenvalue weighted by Gasteiger charge is 1.87. The Labute approximate surface area is 90.5 Å². The van der Waals surface area contributed by atoms with Crippen molar-refractivity contribution in [1.82, 2.24) is 0 Å². The summed E-state index contributed by atoms with van der Waals surface area (Å²) in [7, 11) is 0.